The zero-order chi connectivity index (χ0) is 20.1. The number of thiocarbonyl (C=S) groups is 1. The van der Waals surface area contributed by atoms with Crippen LogP contribution in [0.25, 0.3) is 0 Å². The zero-order valence-electron chi connectivity index (χ0n) is 16.1. The summed E-state index contributed by atoms with van der Waals surface area (Å²) in [6.07, 6.45) is 4.37. The molecular formula is C20H30N2O4S. The molecule has 0 radical (unpaired) electrons. The maximum atomic E-state index is 12.1. The molecule has 6 nitrogen and oxygen atoms in total. The maximum absolute atomic E-state index is 12.1. The summed E-state index contributed by atoms with van der Waals surface area (Å²) in [5, 5.41) is 15.4. The second kappa shape index (κ2) is 13.1. The van der Waals surface area contributed by atoms with Crippen molar-refractivity contribution in [2.24, 2.45) is 5.92 Å². The van der Waals surface area contributed by atoms with Gasteiger partial charge >= 0.3 is 5.97 Å². The van der Waals surface area contributed by atoms with Crippen LogP contribution in [0.3, 0.4) is 0 Å². The highest BCUT2D eigenvalue weighted by Gasteiger charge is 2.12. The monoisotopic (exact) mass is 394 g/mol. The molecule has 27 heavy (non-hydrogen) atoms. The van der Waals surface area contributed by atoms with E-state index in [1.165, 1.54) is 6.07 Å². The minimum atomic E-state index is -0.182. The van der Waals surface area contributed by atoms with Crippen molar-refractivity contribution < 1.29 is 19.4 Å². The first-order valence-corrected chi connectivity index (χ1v) is 9.85. The third-order valence-corrected chi connectivity index (χ3v) is 4.39. The van der Waals surface area contributed by atoms with Crippen LogP contribution in [0.5, 0.6) is 5.75 Å². The van der Waals surface area contributed by atoms with Crippen LogP contribution in [0, 0.1) is 5.92 Å². The second-order valence-corrected chi connectivity index (χ2v) is 6.94. The predicted octanol–water partition coefficient (Wildman–Crippen LogP) is 3.79. The number of nitrogens with one attached hydrogen (secondary N) is 2. The number of carbonyl (C=O) groups is 2. The standard InChI is InChI=1S/C20H30N2O4S/c1-3-26-19(24)12-7-11-18(27)21-13-5-4-8-15(2)20(25)22-16-9-6-10-17(23)14-16/h6,9-10,14-15,23H,3-5,7-8,11-13H2,1-2H3,(H,21,27)(H,22,25). The van der Waals surface area contributed by atoms with E-state index in [-0.39, 0.29) is 23.5 Å². The first-order chi connectivity index (χ1) is 12.9. The van der Waals surface area contributed by atoms with Crippen molar-refractivity contribution in [2.45, 2.75) is 52.4 Å². The van der Waals surface area contributed by atoms with Crippen LogP contribution >= 0.6 is 12.2 Å². The number of ether oxygens (including phenoxy) is 1. The number of rotatable bonds is 12. The molecule has 1 unspecified atom stereocenters. The summed E-state index contributed by atoms with van der Waals surface area (Å²) >= 11 is 5.25. The van der Waals surface area contributed by atoms with Crippen LogP contribution in [0.2, 0.25) is 0 Å². The van der Waals surface area contributed by atoms with Gasteiger partial charge in [0.05, 0.1) is 11.6 Å². The predicted molar refractivity (Wildman–Crippen MR) is 111 cm³/mol. The lowest BCUT2D eigenvalue weighted by atomic mass is 10.0. The van der Waals surface area contributed by atoms with E-state index in [2.05, 4.69) is 10.6 Å². The number of hydrogen-bond donors (Lipinski definition) is 3. The Labute approximate surface area is 166 Å². The van der Waals surface area contributed by atoms with E-state index < -0.39 is 0 Å². The molecule has 0 spiro atoms. The molecule has 0 saturated carbocycles. The Morgan fingerprint density at radius 3 is 2.70 bits per heavy atom. The molecule has 1 amide bonds. The topological polar surface area (TPSA) is 87.7 Å². The van der Waals surface area contributed by atoms with Gasteiger partial charge in [-0.3, -0.25) is 9.59 Å². The van der Waals surface area contributed by atoms with Crippen molar-refractivity contribution in [2.75, 3.05) is 18.5 Å². The number of esters is 1. The molecule has 1 atom stereocenters. The minimum Gasteiger partial charge on any atom is -0.508 e. The summed E-state index contributed by atoms with van der Waals surface area (Å²) in [4.78, 5) is 24.2. The summed E-state index contributed by atoms with van der Waals surface area (Å²) in [5.74, 6) is -0.213. The summed E-state index contributed by atoms with van der Waals surface area (Å²) < 4.78 is 4.87. The Morgan fingerprint density at radius 1 is 1.22 bits per heavy atom. The van der Waals surface area contributed by atoms with Crippen molar-refractivity contribution >= 4 is 34.8 Å². The third kappa shape index (κ3) is 10.6. The summed E-state index contributed by atoms with van der Waals surface area (Å²) in [6, 6.07) is 6.53. The summed E-state index contributed by atoms with van der Waals surface area (Å²) in [5.41, 5.74) is 0.599. The van der Waals surface area contributed by atoms with Crippen molar-refractivity contribution in [3.63, 3.8) is 0 Å². The Balaban J connectivity index is 2.10. The third-order valence-electron chi connectivity index (χ3n) is 4.04. The molecule has 1 rings (SSSR count). The molecule has 7 heteroatoms. The molecule has 0 aliphatic heterocycles. The van der Waals surface area contributed by atoms with Gasteiger partial charge in [-0.15, -0.1) is 0 Å². The van der Waals surface area contributed by atoms with E-state index in [1.807, 2.05) is 6.92 Å². The van der Waals surface area contributed by atoms with Gasteiger partial charge in [0.1, 0.15) is 5.75 Å². The number of aromatic hydroxyl groups is 1. The van der Waals surface area contributed by atoms with Crippen LogP contribution in [0.4, 0.5) is 5.69 Å². The first-order valence-electron chi connectivity index (χ1n) is 9.44. The second-order valence-electron chi connectivity index (χ2n) is 6.44. The number of anilines is 1. The van der Waals surface area contributed by atoms with E-state index >= 15 is 0 Å². The molecule has 0 heterocycles. The molecule has 1 aromatic carbocycles. The van der Waals surface area contributed by atoms with Crippen LogP contribution in [0.15, 0.2) is 24.3 Å². The fourth-order valence-corrected chi connectivity index (χ4v) is 2.74. The van der Waals surface area contributed by atoms with E-state index in [4.69, 9.17) is 17.0 Å². The van der Waals surface area contributed by atoms with Gasteiger partial charge in [0.25, 0.3) is 0 Å². The van der Waals surface area contributed by atoms with E-state index in [0.717, 1.165) is 30.8 Å². The fraction of sp³-hybridized carbons (Fsp3) is 0.550. The van der Waals surface area contributed by atoms with Gasteiger partial charge in [-0.25, -0.2) is 0 Å². The zero-order valence-corrected chi connectivity index (χ0v) is 16.9. The minimum absolute atomic E-state index is 0.0527. The smallest absolute Gasteiger partial charge is 0.305 e. The summed E-state index contributed by atoms with van der Waals surface area (Å²) in [7, 11) is 0. The molecule has 0 bridgehead atoms. The molecule has 0 aliphatic carbocycles. The van der Waals surface area contributed by atoms with Crippen LogP contribution in [0.1, 0.15) is 52.4 Å². The number of phenolic OH excluding ortho intramolecular Hbond substituents is 1. The average Bonchev–Trinajstić information content (AvgIpc) is 2.61. The normalized spacial score (nSPS) is 11.5. The molecule has 0 aromatic heterocycles. The molecule has 0 fully saturated rings. The Morgan fingerprint density at radius 2 is 2.00 bits per heavy atom. The van der Waals surface area contributed by atoms with Gasteiger partial charge in [-0.2, -0.15) is 0 Å². The molecule has 0 aliphatic rings. The first kappa shape index (κ1) is 22.9. The average molecular weight is 395 g/mol. The number of amides is 1. The Kier molecular flexibility index (Phi) is 11.1. The lowest BCUT2D eigenvalue weighted by molar-refractivity contribution is -0.143. The molecule has 3 N–H and O–H groups in total. The van der Waals surface area contributed by atoms with E-state index in [9.17, 15) is 14.7 Å². The number of benzene rings is 1. The highest BCUT2D eigenvalue weighted by Crippen LogP contribution is 2.17. The van der Waals surface area contributed by atoms with Gasteiger partial charge in [0.2, 0.25) is 5.91 Å². The fourth-order valence-electron chi connectivity index (χ4n) is 2.50. The maximum Gasteiger partial charge on any atom is 0.305 e. The van der Waals surface area contributed by atoms with Crippen LogP contribution in [-0.2, 0) is 14.3 Å². The summed E-state index contributed by atoms with van der Waals surface area (Å²) in [6.45, 7) is 4.86. The lowest BCUT2D eigenvalue weighted by Crippen LogP contribution is -2.23. The SMILES string of the molecule is CCOC(=O)CCCC(=S)NCCCCC(C)C(=O)Nc1cccc(O)c1. The van der Waals surface area contributed by atoms with Crippen molar-refractivity contribution in [1.82, 2.24) is 5.32 Å². The van der Waals surface area contributed by atoms with Gasteiger partial charge in [-0.1, -0.05) is 31.6 Å². The Hall–Kier alpha value is -2.15. The van der Waals surface area contributed by atoms with Crippen molar-refractivity contribution in [3.05, 3.63) is 24.3 Å². The van der Waals surface area contributed by atoms with Crippen molar-refractivity contribution in [3.8, 4) is 5.75 Å². The number of unbranched alkanes of at least 4 members (excludes halogenated alkanes) is 1. The highest BCUT2D eigenvalue weighted by molar-refractivity contribution is 7.80. The van der Waals surface area contributed by atoms with E-state index in [1.54, 1.807) is 25.1 Å². The molecule has 0 saturated heterocycles. The number of phenols is 1. The van der Waals surface area contributed by atoms with Crippen LogP contribution < -0.4 is 10.6 Å². The lowest BCUT2D eigenvalue weighted by Gasteiger charge is -2.13. The van der Waals surface area contributed by atoms with Gasteiger partial charge in [0, 0.05) is 30.6 Å². The number of carbonyl (C=O) groups excluding carboxylic acids is 2. The largest absolute Gasteiger partial charge is 0.508 e. The van der Waals surface area contributed by atoms with E-state index in [0.29, 0.717) is 31.6 Å². The van der Waals surface area contributed by atoms with Crippen molar-refractivity contribution in [1.29, 1.82) is 0 Å². The highest BCUT2D eigenvalue weighted by atomic mass is 32.1. The molecular weight excluding hydrogens is 364 g/mol. The van der Waals surface area contributed by atoms with Crippen LogP contribution in [-0.4, -0.2) is 35.1 Å². The molecule has 150 valence electrons. The van der Waals surface area contributed by atoms with Gasteiger partial charge in [-0.05, 0) is 44.7 Å². The van der Waals surface area contributed by atoms with Gasteiger partial charge in [0.15, 0.2) is 0 Å². The molecule has 1 aromatic rings. The quantitative estimate of drug-likeness (QED) is 0.284. The van der Waals surface area contributed by atoms with Gasteiger partial charge < -0.3 is 20.5 Å². The Bertz CT molecular complexity index is 622. The number of hydrogen-bond acceptors (Lipinski definition) is 5.